The van der Waals surface area contributed by atoms with E-state index in [0.717, 1.165) is 12.2 Å². The van der Waals surface area contributed by atoms with E-state index in [1.165, 1.54) is 7.11 Å². The molecule has 2 aromatic rings. The van der Waals surface area contributed by atoms with Crippen LogP contribution in [0.1, 0.15) is 5.76 Å². The van der Waals surface area contributed by atoms with E-state index >= 15 is 0 Å². The number of rotatable bonds is 5. The molecule has 0 aliphatic heterocycles. The molecule has 0 saturated carbocycles. The van der Waals surface area contributed by atoms with Crippen molar-refractivity contribution in [1.82, 2.24) is 15.0 Å². The van der Waals surface area contributed by atoms with Gasteiger partial charge in [-0.15, -0.1) is 0 Å². The molecule has 0 aromatic carbocycles. The molecule has 0 amide bonds. The van der Waals surface area contributed by atoms with Crippen LogP contribution in [0.4, 0.5) is 5.95 Å². The zero-order valence-corrected chi connectivity index (χ0v) is 9.94. The summed E-state index contributed by atoms with van der Waals surface area (Å²) < 4.78 is 10.1. The summed E-state index contributed by atoms with van der Waals surface area (Å²) in [4.78, 5) is 11.7. The van der Waals surface area contributed by atoms with Gasteiger partial charge in [-0.3, -0.25) is 0 Å². The third kappa shape index (κ3) is 3.32. The van der Waals surface area contributed by atoms with Gasteiger partial charge in [-0.1, -0.05) is 0 Å². The van der Waals surface area contributed by atoms with Crippen molar-refractivity contribution < 1.29 is 9.15 Å². The Balaban J connectivity index is 1.92. The van der Waals surface area contributed by atoms with Crippen molar-refractivity contribution in [1.29, 1.82) is 0 Å². The molecule has 6 nitrogen and oxygen atoms in total. The Labute approximate surface area is 103 Å². The second-order valence-corrected chi connectivity index (χ2v) is 3.51. The molecule has 0 bridgehead atoms. The average molecular weight is 255 g/mol. The molecular formula is C10H11ClN4O2. The fourth-order valence-electron chi connectivity index (χ4n) is 1.25. The summed E-state index contributed by atoms with van der Waals surface area (Å²) >= 11 is 5.71. The molecule has 0 atom stereocenters. The molecule has 17 heavy (non-hydrogen) atoms. The number of methoxy groups -OCH3 is 1. The molecule has 2 heterocycles. The van der Waals surface area contributed by atoms with Crippen LogP contribution in [0.15, 0.2) is 22.8 Å². The van der Waals surface area contributed by atoms with Gasteiger partial charge in [0.2, 0.25) is 11.2 Å². The maximum Gasteiger partial charge on any atom is 0.322 e. The van der Waals surface area contributed by atoms with Crippen LogP contribution >= 0.6 is 11.6 Å². The molecule has 0 aliphatic rings. The van der Waals surface area contributed by atoms with E-state index < -0.39 is 0 Å². The lowest BCUT2D eigenvalue weighted by Crippen LogP contribution is -2.09. The second kappa shape index (κ2) is 5.49. The molecule has 0 spiro atoms. The number of nitrogens with one attached hydrogen (secondary N) is 1. The molecule has 1 N–H and O–H groups in total. The highest BCUT2D eigenvalue weighted by atomic mass is 35.5. The molecule has 2 rings (SSSR count). The zero-order chi connectivity index (χ0) is 12.1. The smallest absolute Gasteiger partial charge is 0.322 e. The summed E-state index contributed by atoms with van der Waals surface area (Å²) in [5, 5.41) is 3.11. The summed E-state index contributed by atoms with van der Waals surface area (Å²) in [7, 11) is 1.47. The Morgan fingerprint density at radius 2 is 2.29 bits per heavy atom. The van der Waals surface area contributed by atoms with Crippen LogP contribution in [0.25, 0.3) is 0 Å². The van der Waals surface area contributed by atoms with E-state index in [-0.39, 0.29) is 11.3 Å². The second-order valence-electron chi connectivity index (χ2n) is 3.17. The minimum absolute atomic E-state index is 0.0948. The SMILES string of the molecule is COc1nc(Cl)nc(NCCc2ccco2)n1. The minimum Gasteiger partial charge on any atom is -0.469 e. The first-order valence-corrected chi connectivity index (χ1v) is 5.37. The number of hydrogen-bond acceptors (Lipinski definition) is 6. The monoisotopic (exact) mass is 254 g/mol. The van der Waals surface area contributed by atoms with Gasteiger partial charge < -0.3 is 14.5 Å². The first-order valence-electron chi connectivity index (χ1n) is 5.00. The van der Waals surface area contributed by atoms with Crippen LogP contribution in [0.3, 0.4) is 0 Å². The predicted molar refractivity (Wildman–Crippen MR) is 62.3 cm³/mol. The summed E-state index contributed by atoms with van der Waals surface area (Å²) in [5.41, 5.74) is 0. The maximum atomic E-state index is 5.71. The number of ether oxygens (including phenoxy) is 1. The molecule has 0 unspecified atom stereocenters. The van der Waals surface area contributed by atoms with Crippen LogP contribution in [-0.4, -0.2) is 28.6 Å². The largest absolute Gasteiger partial charge is 0.469 e. The lowest BCUT2D eigenvalue weighted by Gasteiger charge is -2.04. The van der Waals surface area contributed by atoms with Crippen molar-refractivity contribution in [3.8, 4) is 6.01 Å². The van der Waals surface area contributed by atoms with Gasteiger partial charge in [0.25, 0.3) is 0 Å². The molecule has 0 aliphatic carbocycles. The van der Waals surface area contributed by atoms with Crippen molar-refractivity contribution in [3.05, 3.63) is 29.4 Å². The van der Waals surface area contributed by atoms with Crippen LogP contribution in [0, 0.1) is 0 Å². The first kappa shape index (κ1) is 11.7. The van der Waals surface area contributed by atoms with Gasteiger partial charge in [0, 0.05) is 13.0 Å². The van der Waals surface area contributed by atoms with Gasteiger partial charge in [0.05, 0.1) is 13.4 Å². The van der Waals surface area contributed by atoms with E-state index in [1.807, 2.05) is 12.1 Å². The Bertz CT molecular complexity index is 475. The number of furan rings is 1. The topological polar surface area (TPSA) is 73.1 Å². The molecule has 0 fully saturated rings. The number of anilines is 1. The highest BCUT2D eigenvalue weighted by molar-refractivity contribution is 6.28. The summed E-state index contributed by atoms with van der Waals surface area (Å²) in [5.74, 6) is 1.28. The van der Waals surface area contributed by atoms with E-state index in [9.17, 15) is 0 Å². The fraction of sp³-hybridized carbons (Fsp3) is 0.300. The molecule has 2 aromatic heterocycles. The maximum absolute atomic E-state index is 5.71. The van der Waals surface area contributed by atoms with E-state index in [2.05, 4.69) is 20.3 Å². The third-order valence-corrected chi connectivity index (χ3v) is 2.17. The zero-order valence-electron chi connectivity index (χ0n) is 9.18. The molecular weight excluding hydrogens is 244 g/mol. The van der Waals surface area contributed by atoms with E-state index in [1.54, 1.807) is 6.26 Å². The van der Waals surface area contributed by atoms with Crippen molar-refractivity contribution in [2.75, 3.05) is 19.0 Å². The lowest BCUT2D eigenvalue weighted by molar-refractivity contribution is 0.379. The number of nitrogens with zero attached hydrogens (tertiary/aromatic N) is 3. The van der Waals surface area contributed by atoms with E-state index in [4.69, 9.17) is 20.8 Å². The van der Waals surface area contributed by atoms with Gasteiger partial charge in [0.1, 0.15) is 5.76 Å². The summed E-state index contributed by atoms with van der Waals surface area (Å²) in [6.07, 6.45) is 2.37. The van der Waals surface area contributed by atoms with Crippen LogP contribution in [-0.2, 0) is 6.42 Å². The van der Waals surface area contributed by atoms with Crippen molar-refractivity contribution in [3.63, 3.8) is 0 Å². The Morgan fingerprint density at radius 3 is 3.00 bits per heavy atom. The van der Waals surface area contributed by atoms with Gasteiger partial charge >= 0.3 is 6.01 Å². The Morgan fingerprint density at radius 1 is 1.41 bits per heavy atom. The Kier molecular flexibility index (Phi) is 3.77. The van der Waals surface area contributed by atoms with Crippen LogP contribution in [0.5, 0.6) is 6.01 Å². The molecule has 0 saturated heterocycles. The highest BCUT2D eigenvalue weighted by Gasteiger charge is 2.04. The van der Waals surface area contributed by atoms with Gasteiger partial charge in [-0.2, -0.15) is 15.0 Å². The lowest BCUT2D eigenvalue weighted by atomic mass is 10.3. The average Bonchev–Trinajstić information content (AvgIpc) is 2.81. The van der Waals surface area contributed by atoms with Gasteiger partial charge in [-0.05, 0) is 23.7 Å². The Hall–Kier alpha value is -1.82. The van der Waals surface area contributed by atoms with Gasteiger partial charge in [0.15, 0.2) is 0 Å². The van der Waals surface area contributed by atoms with Crippen molar-refractivity contribution in [2.45, 2.75) is 6.42 Å². The minimum atomic E-state index is 0.0948. The standard InChI is InChI=1S/C10H11ClN4O2/c1-16-10-14-8(11)13-9(15-10)12-5-4-7-3-2-6-17-7/h2-3,6H,4-5H2,1H3,(H,12,13,14,15). The number of aromatic nitrogens is 3. The van der Waals surface area contributed by atoms with Crippen LogP contribution in [0.2, 0.25) is 5.28 Å². The predicted octanol–water partition coefficient (Wildman–Crippen LogP) is 1.78. The third-order valence-electron chi connectivity index (χ3n) is 2.00. The molecule has 90 valence electrons. The summed E-state index contributed by atoms with van der Waals surface area (Å²) in [6.45, 7) is 0.636. The van der Waals surface area contributed by atoms with E-state index in [0.29, 0.717) is 12.5 Å². The van der Waals surface area contributed by atoms with Crippen LogP contribution < -0.4 is 10.1 Å². The quantitative estimate of drug-likeness (QED) is 0.877. The van der Waals surface area contributed by atoms with Crippen molar-refractivity contribution in [2.24, 2.45) is 0 Å². The van der Waals surface area contributed by atoms with Crippen molar-refractivity contribution >= 4 is 17.5 Å². The number of hydrogen-bond donors (Lipinski definition) is 1. The fourth-order valence-corrected chi connectivity index (χ4v) is 1.41. The molecule has 0 radical (unpaired) electrons. The molecule has 7 heteroatoms. The summed E-state index contributed by atoms with van der Waals surface area (Å²) in [6, 6.07) is 3.94. The van der Waals surface area contributed by atoms with Gasteiger partial charge in [-0.25, -0.2) is 0 Å². The highest BCUT2D eigenvalue weighted by Crippen LogP contribution is 2.10. The number of halogens is 1. The normalized spacial score (nSPS) is 10.2. The first-order chi connectivity index (χ1) is 8.28.